The van der Waals surface area contributed by atoms with Gasteiger partial charge in [0.15, 0.2) is 0 Å². The minimum atomic E-state index is -3.72. The Kier molecular flexibility index (Phi) is 4.64. The molecule has 0 saturated heterocycles. The Morgan fingerprint density at radius 3 is 2.70 bits per heavy atom. The number of sulfonamides is 1. The lowest BCUT2D eigenvalue weighted by molar-refractivity contribution is 0.601. The van der Waals surface area contributed by atoms with Crippen molar-refractivity contribution < 1.29 is 8.42 Å². The molecule has 106 valence electrons. The van der Waals surface area contributed by atoms with Gasteiger partial charge < -0.3 is 5.73 Å². The number of rotatable bonds is 4. The number of nitrogens with two attached hydrogens (primary N) is 1. The zero-order chi connectivity index (χ0) is 14.8. The normalized spacial score (nSPS) is 11.3. The summed E-state index contributed by atoms with van der Waals surface area (Å²) >= 11 is 9.21. The largest absolute Gasteiger partial charge is 0.326 e. The van der Waals surface area contributed by atoms with Crippen molar-refractivity contribution in [3.05, 3.63) is 51.7 Å². The van der Waals surface area contributed by atoms with Crippen molar-refractivity contribution in [3.63, 3.8) is 0 Å². The van der Waals surface area contributed by atoms with E-state index in [1.165, 1.54) is 24.5 Å². The van der Waals surface area contributed by atoms with Crippen LogP contribution in [-0.2, 0) is 16.6 Å². The van der Waals surface area contributed by atoms with Crippen LogP contribution in [0.3, 0.4) is 0 Å². The lowest BCUT2D eigenvalue weighted by Gasteiger charge is -2.10. The Balaban J connectivity index is 2.36. The smallest absolute Gasteiger partial charge is 0.261 e. The van der Waals surface area contributed by atoms with E-state index in [4.69, 9.17) is 17.3 Å². The third-order valence-corrected chi connectivity index (χ3v) is 4.92. The molecule has 0 bridgehead atoms. The van der Waals surface area contributed by atoms with Gasteiger partial charge in [0.25, 0.3) is 10.0 Å². The van der Waals surface area contributed by atoms with Crippen LogP contribution in [0.4, 0.5) is 5.69 Å². The molecule has 0 spiro atoms. The molecule has 5 nitrogen and oxygen atoms in total. The predicted octanol–water partition coefficient (Wildman–Crippen LogP) is 2.76. The molecule has 0 radical (unpaired) electrons. The first-order valence-electron chi connectivity index (χ1n) is 5.55. The number of hydrogen-bond donors (Lipinski definition) is 2. The Morgan fingerprint density at radius 1 is 1.35 bits per heavy atom. The molecule has 0 aliphatic rings. The van der Waals surface area contributed by atoms with Crippen molar-refractivity contribution in [1.82, 2.24) is 4.98 Å². The molecule has 0 atom stereocenters. The number of aromatic nitrogens is 1. The van der Waals surface area contributed by atoms with Crippen molar-refractivity contribution in [2.75, 3.05) is 4.72 Å². The maximum Gasteiger partial charge on any atom is 0.261 e. The topological polar surface area (TPSA) is 85.1 Å². The Hall–Kier alpha value is -1.15. The molecule has 2 rings (SSSR count). The average Bonchev–Trinajstić information content (AvgIpc) is 2.41. The van der Waals surface area contributed by atoms with E-state index in [2.05, 4.69) is 25.6 Å². The maximum atomic E-state index is 12.3. The highest BCUT2D eigenvalue weighted by atomic mass is 79.9. The number of nitrogens with one attached hydrogen (secondary N) is 1. The molecular formula is C12H11BrClN3O2S. The molecule has 0 fully saturated rings. The molecule has 8 heteroatoms. The summed E-state index contributed by atoms with van der Waals surface area (Å²) in [6.07, 6.45) is 3.00. The highest BCUT2D eigenvalue weighted by molar-refractivity contribution is 9.10. The quantitative estimate of drug-likeness (QED) is 0.859. The van der Waals surface area contributed by atoms with Crippen LogP contribution in [0.1, 0.15) is 5.56 Å². The molecule has 1 heterocycles. The molecular weight excluding hydrogens is 366 g/mol. The second-order valence-electron chi connectivity index (χ2n) is 3.92. The van der Waals surface area contributed by atoms with E-state index >= 15 is 0 Å². The third-order valence-electron chi connectivity index (χ3n) is 2.57. The minimum absolute atomic E-state index is 0.0726. The van der Waals surface area contributed by atoms with E-state index in [0.29, 0.717) is 20.7 Å². The Bertz CT molecular complexity index is 737. The van der Waals surface area contributed by atoms with E-state index < -0.39 is 10.0 Å². The van der Waals surface area contributed by atoms with Gasteiger partial charge in [-0.05, 0) is 39.7 Å². The van der Waals surface area contributed by atoms with Crippen molar-refractivity contribution >= 4 is 43.2 Å². The average molecular weight is 377 g/mol. The van der Waals surface area contributed by atoms with Gasteiger partial charge in [-0.3, -0.25) is 9.71 Å². The highest BCUT2D eigenvalue weighted by Crippen LogP contribution is 2.25. The molecule has 1 aromatic heterocycles. The Labute approximate surface area is 130 Å². The van der Waals surface area contributed by atoms with E-state index in [0.717, 1.165) is 0 Å². The van der Waals surface area contributed by atoms with E-state index in [1.807, 2.05) is 0 Å². The molecule has 0 aliphatic carbocycles. The van der Waals surface area contributed by atoms with Crippen LogP contribution in [0.25, 0.3) is 0 Å². The molecule has 2 aromatic rings. The van der Waals surface area contributed by atoms with Gasteiger partial charge in [-0.2, -0.15) is 0 Å². The van der Waals surface area contributed by atoms with Crippen LogP contribution in [0.15, 0.2) is 46.0 Å². The molecule has 0 unspecified atom stereocenters. The predicted molar refractivity (Wildman–Crippen MR) is 82.1 cm³/mol. The van der Waals surface area contributed by atoms with Crippen LogP contribution in [0.5, 0.6) is 0 Å². The lowest BCUT2D eigenvalue weighted by Crippen LogP contribution is -2.13. The summed E-state index contributed by atoms with van der Waals surface area (Å²) < 4.78 is 27.5. The maximum absolute atomic E-state index is 12.3. The van der Waals surface area contributed by atoms with Crippen LogP contribution in [-0.4, -0.2) is 13.4 Å². The van der Waals surface area contributed by atoms with Gasteiger partial charge in [-0.15, -0.1) is 0 Å². The van der Waals surface area contributed by atoms with Gasteiger partial charge >= 0.3 is 0 Å². The van der Waals surface area contributed by atoms with Gasteiger partial charge in [0.1, 0.15) is 0 Å². The Morgan fingerprint density at radius 2 is 2.10 bits per heavy atom. The van der Waals surface area contributed by atoms with Crippen LogP contribution < -0.4 is 10.5 Å². The van der Waals surface area contributed by atoms with E-state index in [-0.39, 0.29) is 11.4 Å². The van der Waals surface area contributed by atoms with Gasteiger partial charge in [0, 0.05) is 24.0 Å². The van der Waals surface area contributed by atoms with Crippen molar-refractivity contribution in [2.24, 2.45) is 5.73 Å². The summed E-state index contributed by atoms with van der Waals surface area (Å²) in [5, 5.41) is 0.323. The summed E-state index contributed by atoms with van der Waals surface area (Å²) in [5.74, 6) is 0. The molecule has 0 amide bonds. The van der Waals surface area contributed by atoms with Gasteiger partial charge in [0.05, 0.1) is 15.1 Å². The van der Waals surface area contributed by atoms with Crippen molar-refractivity contribution in [1.29, 1.82) is 0 Å². The number of hydrogen-bond acceptors (Lipinski definition) is 4. The first-order chi connectivity index (χ1) is 9.44. The van der Waals surface area contributed by atoms with Crippen LogP contribution in [0, 0.1) is 0 Å². The van der Waals surface area contributed by atoms with Crippen molar-refractivity contribution in [2.45, 2.75) is 11.4 Å². The first kappa shape index (κ1) is 15.2. The van der Waals surface area contributed by atoms with Crippen LogP contribution in [0.2, 0.25) is 5.02 Å². The molecule has 20 heavy (non-hydrogen) atoms. The SMILES string of the molecule is NCc1ccc(S(=O)(=O)Nc2ccncc2Br)cc1Cl. The van der Waals surface area contributed by atoms with Gasteiger partial charge in [0.2, 0.25) is 0 Å². The van der Waals surface area contributed by atoms with Crippen molar-refractivity contribution in [3.8, 4) is 0 Å². The molecule has 3 N–H and O–H groups in total. The fraction of sp³-hybridized carbons (Fsp3) is 0.0833. The third kappa shape index (κ3) is 3.29. The number of benzene rings is 1. The molecule has 1 aromatic carbocycles. The van der Waals surface area contributed by atoms with E-state index in [9.17, 15) is 8.42 Å². The fourth-order valence-electron chi connectivity index (χ4n) is 1.52. The van der Waals surface area contributed by atoms with Crippen LogP contribution >= 0.6 is 27.5 Å². The number of nitrogens with zero attached hydrogens (tertiary/aromatic N) is 1. The summed E-state index contributed by atoms with van der Waals surface area (Å²) in [7, 11) is -3.72. The fourth-order valence-corrected chi connectivity index (χ4v) is 3.43. The zero-order valence-electron chi connectivity index (χ0n) is 10.2. The van der Waals surface area contributed by atoms with E-state index in [1.54, 1.807) is 12.1 Å². The lowest BCUT2D eigenvalue weighted by atomic mass is 10.2. The second kappa shape index (κ2) is 6.09. The molecule has 0 aliphatic heterocycles. The van der Waals surface area contributed by atoms with Gasteiger partial charge in [-0.1, -0.05) is 17.7 Å². The number of anilines is 1. The highest BCUT2D eigenvalue weighted by Gasteiger charge is 2.16. The summed E-state index contributed by atoms with van der Waals surface area (Å²) in [6.45, 7) is 0.252. The minimum Gasteiger partial charge on any atom is -0.326 e. The zero-order valence-corrected chi connectivity index (χ0v) is 13.3. The number of pyridine rings is 1. The summed E-state index contributed by atoms with van der Waals surface area (Å²) in [5.41, 5.74) is 6.58. The van der Waals surface area contributed by atoms with Gasteiger partial charge in [-0.25, -0.2) is 8.42 Å². The second-order valence-corrected chi connectivity index (χ2v) is 6.86. The first-order valence-corrected chi connectivity index (χ1v) is 8.20. The monoisotopic (exact) mass is 375 g/mol. The standard InChI is InChI=1S/C12H11BrClN3O2S/c13-10-7-16-4-3-12(10)17-20(18,19)9-2-1-8(6-15)11(14)5-9/h1-5,7H,6,15H2,(H,16,17). The summed E-state index contributed by atoms with van der Waals surface area (Å²) in [4.78, 5) is 3.94. The number of halogens is 2. The summed E-state index contributed by atoms with van der Waals surface area (Å²) in [6, 6.07) is 5.99. The molecule has 0 saturated carbocycles.